The van der Waals surface area contributed by atoms with E-state index in [2.05, 4.69) is 0 Å². The van der Waals surface area contributed by atoms with Crippen LogP contribution in [0.5, 0.6) is 5.75 Å². The van der Waals surface area contributed by atoms with Crippen LogP contribution < -0.4 is 4.74 Å². The molecule has 0 saturated heterocycles. The van der Waals surface area contributed by atoms with Crippen LogP contribution in [0.4, 0.5) is 4.39 Å². The average Bonchev–Trinajstić information content (AvgIpc) is 2.59. The van der Waals surface area contributed by atoms with Gasteiger partial charge in [-0.25, -0.2) is 9.18 Å². The molecule has 1 aromatic carbocycles. The number of hydrogen-bond donors (Lipinski definition) is 0. The van der Waals surface area contributed by atoms with Crippen LogP contribution in [-0.2, 0) is 4.74 Å². The lowest BCUT2D eigenvalue weighted by Crippen LogP contribution is -2.11. The van der Waals surface area contributed by atoms with Gasteiger partial charge in [0.05, 0.1) is 18.6 Å². The van der Waals surface area contributed by atoms with Crippen molar-refractivity contribution in [3.8, 4) is 5.75 Å². The predicted molar refractivity (Wildman–Crippen MR) is 74.7 cm³/mol. The summed E-state index contributed by atoms with van der Waals surface area (Å²) >= 11 is 6.07. The highest BCUT2D eigenvalue weighted by atomic mass is 35.5. The van der Waals surface area contributed by atoms with Crippen molar-refractivity contribution in [2.45, 2.75) is 20.0 Å². The maximum absolute atomic E-state index is 13.6. The summed E-state index contributed by atoms with van der Waals surface area (Å²) in [6.45, 7) is 3.33. The Bertz CT molecular complexity index is 681. The Morgan fingerprint density at radius 3 is 2.65 bits per heavy atom. The molecule has 0 bridgehead atoms. The van der Waals surface area contributed by atoms with Gasteiger partial charge >= 0.3 is 5.97 Å². The Hall–Kier alpha value is -1.37. The van der Waals surface area contributed by atoms with Crippen LogP contribution in [0, 0.1) is 5.82 Å². The Labute approximate surface area is 122 Å². The predicted octanol–water partition coefficient (Wildman–Crippen LogP) is 3.93. The van der Waals surface area contributed by atoms with Crippen molar-refractivity contribution in [2.75, 3.05) is 7.11 Å². The molecule has 0 spiro atoms. The van der Waals surface area contributed by atoms with Gasteiger partial charge in [-0.1, -0.05) is 11.6 Å². The molecule has 108 valence electrons. The van der Waals surface area contributed by atoms with Gasteiger partial charge in [0.2, 0.25) is 0 Å². The van der Waals surface area contributed by atoms with Gasteiger partial charge in [0.25, 0.3) is 4.88 Å². The second-order valence-corrected chi connectivity index (χ2v) is 6.11. The first-order valence-corrected chi connectivity index (χ1v) is 7.30. The zero-order chi connectivity index (χ0) is 15.0. The van der Waals surface area contributed by atoms with Gasteiger partial charge in [-0.05, 0) is 30.7 Å². The lowest BCUT2D eigenvalue weighted by atomic mass is 10.2. The molecule has 7 heteroatoms. The summed E-state index contributed by atoms with van der Waals surface area (Å²) in [5.74, 6) is -1.46. The molecule has 1 atom stereocenters. The molecular formula is C13H12ClFO4S. The fourth-order valence-electron chi connectivity index (χ4n) is 1.76. The first-order valence-electron chi connectivity index (χ1n) is 5.77. The van der Waals surface area contributed by atoms with Gasteiger partial charge in [-0.2, -0.15) is 0 Å². The number of esters is 1. The first-order chi connectivity index (χ1) is 9.36. The van der Waals surface area contributed by atoms with Crippen LogP contribution >= 0.6 is 22.4 Å². The van der Waals surface area contributed by atoms with E-state index in [0.29, 0.717) is 5.39 Å². The molecular weight excluding hydrogens is 307 g/mol. The third-order valence-electron chi connectivity index (χ3n) is 2.60. The summed E-state index contributed by atoms with van der Waals surface area (Å²) in [7, 11) is -0.547. The van der Waals surface area contributed by atoms with E-state index in [-0.39, 0.29) is 26.5 Å². The van der Waals surface area contributed by atoms with Crippen molar-refractivity contribution in [1.82, 2.24) is 0 Å². The summed E-state index contributed by atoms with van der Waals surface area (Å²) in [5, 5.41) is 0.321. The van der Waals surface area contributed by atoms with Crippen LogP contribution in [0.25, 0.3) is 10.1 Å². The van der Waals surface area contributed by atoms with Gasteiger partial charge in [-0.15, -0.1) is 0 Å². The molecule has 0 amide bonds. The number of fused-ring (bicyclic) bond motifs is 1. The Balaban J connectivity index is 2.66. The smallest absolute Gasteiger partial charge is 0.393 e. The van der Waals surface area contributed by atoms with Crippen molar-refractivity contribution in [3.05, 3.63) is 27.8 Å². The molecule has 0 N–H and O–H groups in total. The number of rotatable bonds is 3. The molecule has 1 unspecified atom stereocenters. The number of carbonyl (C=O) groups excluding carboxylic acids is 1. The quantitative estimate of drug-likeness (QED) is 0.635. The minimum atomic E-state index is -1.86. The van der Waals surface area contributed by atoms with E-state index >= 15 is 0 Å². The van der Waals surface area contributed by atoms with Crippen molar-refractivity contribution in [2.24, 2.45) is 0 Å². The van der Waals surface area contributed by atoms with Gasteiger partial charge in [-0.3, -0.25) is 0 Å². The summed E-state index contributed by atoms with van der Waals surface area (Å²) < 4.78 is 35.9. The summed E-state index contributed by atoms with van der Waals surface area (Å²) in [6.07, 6.45) is -0.369. The highest BCUT2D eigenvalue weighted by molar-refractivity contribution is 7.33. The highest BCUT2D eigenvalue weighted by Gasteiger charge is 2.30. The van der Waals surface area contributed by atoms with Gasteiger partial charge < -0.3 is 14.0 Å². The van der Waals surface area contributed by atoms with E-state index in [4.69, 9.17) is 21.1 Å². The molecule has 2 rings (SSSR count). The van der Waals surface area contributed by atoms with E-state index in [0.717, 1.165) is 6.07 Å². The molecule has 1 heterocycles. The van der Waals surface area contributed by atoms with E-state index in [1.807, 2.05) is 0 Å². The average molecular weight is 319 g/mol. The molecule has 1 aromatic heterocycles. The summed E-state index contributed by atoms with van der Waals surface area (Å²) in [4.78, 5) is 11.7. The molecule has 20 heavy (non-hydrogen) atoms. The lowest BCUT2D eigenvalue weighted by Gasteiger charge is -2.05. The number of methoxy groups -OCH3 is 1. The summed E-state index contributed by atoms with van der Waals surface area (Å²) in [6, 6.07) is 2.38. The third kappa shape index (κ3) is 2.46. The number of benzene rings is 1. The minimum Gasteiger partial charge on any atom is -0.590 e. The summed E-state index contributed by atoms with van der Waals surface area (Å²) in [5.41, 5.74) is 0. The Morgan fingerprint density at radius 1 is 1.45 bits per heavy atom. The topological polar surface area (TPSA) is 58.6 Å². The highest BCUT2D eigenvalue weighted by Crippen LogP contribution is 2.44. The second-order valence-electron chi connectivity index (χ2n) is 4.35. The van der Waals surface area contributed by atoms with Crippen molar-refractivity contribution in [3.63, 3.8) is 0 Å². The maximum atomic E-state index is 13.6. The van der Waals surface area contributed by atoms with Crippen LogP contribution in [0.2, 0.25) is 5.02 Å². The van der Waals surface area contributed by atoms with E-state index < -0.39 is 22.5 Å². The Morgan fingerprint density at radius 2 is 2.10 bits per heavy atom. The zero-order valence-electron chi connectivity index (χ0n) is 11.0. The largest absolute Gasteiger partial charge is 0.590 e. The molecule has 0 radical (unpaired) electrons. The maximum Gasteiger partial charge on any atom is 0.393 e. The molecule has 0 aliphatic carbocycles. The van der Waals surface area contributed by atoms with E-state index in [9.17, 15) is 13.7 Å². The van der Waals surface area contributed by atoms with Crippen molar-refractivity contribution >= 4 is 38.4 Å². The molecule has 4 nitrogen and oxygen atoms in total. The molecule has 2 aromatic rings. The number of ether oxygens (including phenoxy) is 2. The van der Waals surface area contributed by atoms with E-state index in [1.54, 1.807) is 13.8 Å². The standard InChI is InChI=1S/C13H12ClFO4S/c1-6(2)19-13(16)12-11(14)7-4-9(18-3)8(15)5-10(7)20(12)17/h4-6H,1-3H3. The number of halogens is 2. The monoisotopic (exact) mass is 318 g/mol. The van der Waals surface area contributed by atoms with Crippen LogP contribution in [0.3, 0.4) is 0 Å². The Kier molecular flexibility index (Phi) is 4.17. The molecule has 0 aliphatic rings. The molecule has 0 fully saturated rings. The lowest BCUT2D eigenvalue weighted by molar-refractivity contribution is 0.0383. The fraction of sp³-hybridized carbons (Fsp3) is 0.308. The van der Waals surface area contributed by atoms with Crippen molar-refractivity contribution in [1.29, 1.82) is 0 Å². The number of hydrogen-bond acceptors (Lipinski definition) is 4. The van der Waals surface area contributed by atoms with Gasteiger partial charge in [0, 0.05) is 6.07 Å². The van der Waals surface area contributed by atoms with Crippen LogP contribution in [0.1, 0.15) is 23.5 Å². The number of thiophene rings is 1. The SMILES string of the molecule is COc1cc2c(Cl)c(C(=O)OC(C)C)[s+]([O-])c2cc1F. The van der Waals surface area contributed by atoms with Crippen molar-refractivity contribution < 1.29 is 23.2 Å². The number of carbonyl (C=O) groups is 1. The zero-order valence-corrected chi connectivity index (χ0v) is 12.6. The molecule has 0 saturated carbocycles. The minimum absolute atomic E-state index is 0.00211. The third-order valence-corrected chi connectivity index (χ3v) is 4.59. The van der Waals surface area contributed by atoms with Crippen LogP contribution in [-0.4, -0.2) is 23.7 Å². The van der Waals surface area contributed by atoms with E-state index in [1.165, 1.54) is 13.2 Å². The second kappa shape index (κ2) is 5.55. The van der Waals surface area contributed by atoms with Gasteiger partial charge in [0.1, 0.15) is 5.02 Å². The fourth-order valence-corrected chi connectivity index (χ4v) is 3.53. The van der Waals surface area contributed by atoms with Gasteiger partial charge in [0.15, 0.2) is 16.3 Å². The first kappa shape index (κ1) is 15.0. The normalized spacial score (nSPS) is 12.1. The molecule has 0 aliphatic heterocycles. The van der Waals surface area contributed by atoms with Crippen LogP contribution in [0.15, 0.2) is 12.1 Å².